The van der Waals surface area contributed by atoms with E-state index in [4.69, 9.17) is 5.11 Å². The van der Waals surface area contributed by atoms with Crippen molar-refractivity contribution in [3.05, 3.63) is 46.3 Å². The quantitative estimate of drug-likeness (QED) is 0.585. The second-order valence-electron chi connectivity index (χ2n) is 4.95. The summed E-state index contributed by atoms with van der Waals surface area (Å²) in [6.07, 6.45) is 4.41. The number of aromatic nitrogens is 4. The number of hydrogen-bond donors (Lipinski definition) is 3. The van der Waals surface area contributed by atoms with Crippen molar-refractivity contribution in [2.45, 2.75) is 12.6 Å². The molecule has 3 N–H and O–H groups in total. The Labute approximate surface area is 139 Å². The molecular formula is C14H13N5O4S. The van der Waals surface area contributed by atoms with Crippen molar-refractivity contribution in [1.29, 1.82) is 0 Å². The molecule has 0 radical (unpaired) electrons. The van der Waals surface area contributed by atoms with Gasteiger partial charge in [0.05, 0.1) is 54.6 Å². The molecule has 1 atom stereocenters. The van der Waals surface area contributed by atoms with Crippen molar-refractivity contribution in [1.82, 2.24) is 19.5 Å². The maximum absolute atomic E-state index is 12.6. The minimum absolute atomic E-state index is 0.109. The van der Waals surface area contributed by atoms with Gasteiger partial charge in [0, 0.05) is 5.38 Å². The summed E-state index contributed by atoms with van der Waals surface area (Å²) in [6.45, 7) is -0.586. The van der Waals surface area contributed by atoms with E-state index >= 15 is 0 Å². The lowest BCUT2D eigenvalue weighted by atomic mass is 10.2. The van der Waals surface area contributed by atoms with Gasteiger partial charge in [0.15, 0.2) is 0 Å². The highest BCUT2D eigenvalue weighted by Crippen LogP contribution is 2.21. The van der Waals surface area contributed by atoms with Crippen molar-refractivity contribution < 1.29 is 15.0 Å². The van der Waals surface area contributed by atoms with Gasteiger partial charge in [-0.1, -0.05) is 0 Å². The molecule has 3 heterocycles. The molecule has 0 aliphatic carbocycles. The molecule has 0 aromatic carbocycles. The van der Waals surface area contributed by atoms with Crippen molar-refractivity contribution in [2.24, 2.45) is 0 Å². The van der Waals surface area contributed by atoms with Crippen LogP contribution in [0.2, 0.25) is 0 Å². The first-order valence-corrected chi connectivity index (χ1v) is 7.80. The van der Waals surface area contributed by atoms with E-state index in [0.29, 0.717) is 10.5 Å². The van der Waals surface area contributed by atoms with Gasteiger partial charge >= 0.3 is 0 Å². The van der Waals surface area contributed by atoms with Crippen LogP contribution in [-0.2, 0) is 6.54 Å². The average molecular weight is 347 g/mol. The highest BCUT2D eigenvalue weighted by atomic mass is 32.1. The largest absolute Gasteiger partial charge is 0.394 e. The fraction of sp³-hybridized carbons (Fsp3) is 0.214. The summed E-state index contributed by atoms with van der Waals surface area (Å²) in [5.74, 6) is -0.476. The average Bonchev–Trinajstić information content (AvgIpc) is 3.03. The highest BCUT2D eigenvalue weighted by Gasteiger charge is 2.18. The van der Waals surface area contributed by atoms with E-state index in [1.165, 1.54) is 41.0 Å². The molecule has 0 fully saturated rings. The number of rotatable bonds is 5. The lowest BCUT2D eigenvalue weighted by Gasteiger charge is -2.09. The summed E-state index contributed by atoms with van der Waals surface area (Å²) in [4.78, 5) is 37.1. The number of nitrogens with one attached hydrogen (secondary N) is 1. The zero-order valence-electron chi connectivity index (χ0n) is 12.3. The van der Waals surface area contributed by atoms with Gasteiger partial charge in [0.2, 0.25) is 0 Å². The van der Waals surface area contributed by atoms with Crippen molar-refractivity contribution in [2.75, 3.05) is 11.9 Å². The van der Waals surface area contributed by atoms with E-state index in [1.54, 1.807) is 5.38 Å². The van der Waals surface area contributed by atoms with E-state index in [2.05, 4.69) is 20.3 Å². The highest BCUT2D eigenvalue weighted by molar-refractivity contribution is 7.17. The maximum atomic E-state index is 12.6. The smallest absolute Gasteiger partial charge is 0.262 e. The van der Waals surface area contributed by atoms with E-state index in [-0.39, 0.29) is 17.5 Å². The van der Waals surface area contributed by atoms with Crippen molar-refractivity contribution in [3.63, 3.8) is 0 Å². The number of aliphatic hydroxyl groups excluding tert-OH is 2. The third-order valence-corrected chi connectivity index (χ3v) is 4.13. The Hall–Kier alpha value is -2.69. The van der Waals surface area contributed by atoms with E-state index in [1.807, 2.05) is 0 Å². The van der Waals surface area contributed by atoms with Crippen LogP contribution < -0.4 is 10.9 Å². The molecule has 3 aromatic heterocycles. The molecule has 1 amide bonds. The molecule has 1 unspecified atom stereocenters. The van der Waals surface area contributed by atoms with Gasteiger partial charge in [-0.3, -0.25) is 14.2 Å². The summed E-state index contributed by atoms with van der Waals surface area (Å²) in [5, 5.41) is 22.7. The molecule has 10 heteroatoms. The number of carbonyl (C=O) groups excluding carboxylic acids is 1. The number of carbonyl (C=O) groups is 1. The standard InChI is InChI=1S/C14H13N5O4S/c20-4-9(21)3-19-7-17-13-11(14(19)23)10(5-24-13)12(22)18-8-1-15-6-16-2-8/h1-2,5-7,9,20-21H,3-4H2,(H,18,22). The number of amides is 1. The predicted octanol–water partition coefficient (Wildman–Crippen LogP) is -0.147. The van der Waals surface area contributed by atoms with Crippen LogP contribution in [0, 0.1) is 0 Å². The Morgan fingerprint density at radius 2 is 2.12 bits per heavy atom. The summed E-state index contributed by atoms with van der Waals surface area (Å²) in [5.41, 5.74) is 0.133. The van der Waals surface area contributed by atoms with Gasteiger partial charge in [-0.25, -0.2) is 15.0 Å². The maximum Gasteiger partial charge on any atom is 0.262 e. The Morgan fingerprint density at radius 1 is 1.38 bits per heavy atom. The molecule has 0 spiro atoms. The second kappa shape index (κ2) is 6.83. The molecule has 0 saturated heterocycles. The third kappa shape index (κ3) is 3.15. The fourth-order valence-electron chi connectivity index (χ4n) is 2.11. The molecule has 24 heavy (non-hydrogen) atoms. The summed E-state index contributed by atoms with van der Waals surface area (Å²) < 4.78 is 1.17. The van der Waals surface area contributed by atoms with Gasteiger partial charge in [-0.2, -0.15) is 0 Å². The number of anilines is 1. The number of hydrogen-bond acceptors (Lipinski definition) is 8. The first-order chi connectivity index (χ1) is 11.6. The Balaban J connectivity index is 1.98. The SMILES string of the molecule is O=C(Nc1cncnc1)c1csc2ncn(CC(O)CO)c(=O)c12. The first kappa shape index (κ1) is 16.2. The van der Waals surface area contributed by atoms with Gasteiger partial charge in [-0.05, 0) is 0 Å². The molecule has 3 rings (SSSR count). The molecule has 3 aromatic rings. The minimum atomic E-state index is -1.08. The second-order valence-corrected chi connectivity index (χ2v) is 5.81. The van der Waals surface area contributed by atoms with Gasteiger partial charge in [-0.15, -0.1) is 11.3 Å². The molecular weight excluding hydrogens is 334 g/mol. The van der Waals surface area contributed by atoms with E-state index in [9.17, 15) is 14.7 Å². The van der Waals surface area contributed by atoms with Gasteiger partial charge < -0.3 is 15.5 Å². The number of nitrogens with zero attached hydrogens (tertiary/aromatic N) is 4. The molecule has 0 saturated carbocycles. The third-order valence-electron chi connectivity index (χ3n) is 3.24. The summed E-state index contributed by atoms with van der Waals surface area (Å²) >= 11 is 1.17. The fourth-order valence-corrected chi connectivity index (χ4v) is 2.99. The van der Waals surface area contributed by atoms with Crippen LogP contribution in [0.1, 0.15) is 10.4 Å². The van der Waals surface area contributed by atoms with Gasteiger partial charge in [0.25, 0.3) is 11.5 Å². The van der Waals surface area contributed by atoms with Crippen molar-refractivity contribution in [3.8, 4) is 0 Å². The van der Waals surface area contributed by atoms with Crippen LogP contribution in [-0.4, -0.2) is 48.4 Å². The van der Waals surface area contributed by atoms with Crippen LogP contribution in [0.5, 0.6) is 0 Å². The zero-order chi connectivity index (χ0) is 17.1. The lowest BCUT2D eigenvalue weighted by molar-refractivity contribution is 0.0803. The molecule has 0 aliphatic heterocycles. The molecule has 124 valence electrons. The zero-order valence-corrected chi connectivity index (χ0v) is 13.1. The van der Waals surface area contributed by atoms with Crippen molar-refractivity contribution >= 4 is 33.1 Å². The van der Waals surface area contributed by atoms with E-state index < -0.39 is 24.2 Å². The summed E-state index contributed by atoms with van der Waals surface area (Å²) in [7, 11) is 0. The molecule has 9 nitrogen and oxygen atoms in total. The first-order valence-electron chi connectivity index (χ1n) is 6.92. The van der Waals surface area contributed by atoms with Crippen LogP contribution in [0.15, 0.2) is 35.2 Å². The monoisotopic (exact) mass is 347 g/mol. The Morgan fingerprint density at radius 3 is 2.83 bits per heavy atom. The molecule has 0 bridgehead atoms. The lowest BCUT2D eigenvalue weighted by Crippen LogP contribution is -2.29. The number of fused-ring (bicyclic) bond motifs is 1. The van der Waals surface area contributed by atoms with E-state index in [0.717, 1.165) is 0 Å². The Kier molecular flexibility index (Phi) is 4.60. The van der Waals surface area contributed by atoms with Crippen LogP contribution in [0.4, 0.5) is 5.69 Å². The topological polar surface area (TPSA) is 130 Å². The normalized spacial score (nSPS) is 12.2. The van der Waals surface area contributed by atoms with Crippen LogP contribution in [0.3, 0.4) is 0 Å². The van der Waals surface area contributed by atoms with Crippen LogP contribution in [0.25, 0.3) is 10.2 Å². The Bertz CT molecular complexity index is 924. The number of thiophene rings is 1. The molecule has 0 aliphatic rings. The van der Waals surface area contributed by atoms with Crippen LogP contribution >= 0.6 is 11.3 Å². The van der Waals surface area contributed by atoms with Gasteiger partial charge in [0.1, 0.15) is 11.2 Å². The summed E-state index contributed by atoms with van der Waals surface area (Å²) in [6, 6.07) is 0. The predicted molar refractivity (Wildman–Crippen MR) is 87.0 cm³/mol. The number of aliphatic hydroxyl groups is 2. The minimum Gasteiger partial charge on any atom is -0.394 e.